The molecule has 2 rings (SSSR count). The summed E-state index contributed by atoms with van der Waals surface area (Å²) in [5, 5.41) is 26.3. The van der Waals surface area contributed by atoms with E-state index in [9.17, 15) is 24.6 Å². The molecule has 31 heavy (non-hydrogen) atoms. The third kappa shape index (κ3) is 7.26. The minimum Gasteiger partial charge on any atom is -0.550 e. The largest absolute Gasteiger partial charge is 0.550 e. The van der Waals surface area contributed by atoms with Gasteiger partial charge in [-0.25, -0.2) is 4.99 Å². The van der Waals surface area contributed by atoms with E-state index in [0.29, 0.717) is 14.6 Å². The number of carbonyl (C=O) groups excluding carboxylic acids is 3. The maximum atomic E-state index is 12.3. The second-order valence-electron chi connectivity index (χ2n) is 6.29. The number of benzene rings is 2. The molecule has 0 aromatic heterocycles. The normalized spacial score (nSPS) is 11.3. The Morgan fingerprint density at radius 1 is 1.16 bits per heavy atom. The number of guanidine groups is 1. The number of carboxylic acid groups (broad SMARTS) is 1. The highest BCUT2D eigenvalue weighted by Gasteiger charge is 2.21. The molecule has 10 nitrogen and oxygen atoms in total. The number of nitrogens with one attached hydrogen (secondary N) is 2. The predicted molar refractivity (Wildman–Crippen MR) is 118 cm³/mol. The number of phenolic OH excluding ortho intramolecular Hbond substituents is 1. The van der Waals surface area contributed by atoms with Gasteiger partial charge in [0.2, 0.25) is 5.91 Å². The lowest BCUT2D eigenvalue weighted by Crippen LogP contribution is -2.40. The number of carbonyl (C=O) groups is 3. The first-order valence-electron chi connectivity index (χ1n) is 8.71. The van der Waals surface area contributed by atoms with Crippen molar-refractivity contribution in [3.63, 3.8) is 0 Å². The van der Waals surface area contributed by atoms with Crippen LogP contribution in [0.25, 0.3) is 0 Å². The topological polar surface area (TPSA) is 183 Å². The first kappa shape index (κ1) is 24.2. The Labute approximate surface area is 194 Å². The minimum absolute atomic E-state index is 0.162. The van der Waals surface area contributed by atoms with Crippen molar-refractivity contribution in [3.8, 4) is 5.75 Å². The van der Waals surface area contributed by atoms with Gasteiger partial charge in [0.15, 0.2) is 5.96 Å². The van der Waals surface area contributed by atoms with Crippen LogP contribution in [0.15, 0.2) is 50.3 Å². The second-order valence-corrected chi connectivity index (χ2v) is 8.06. The molecule has 1 atom stereocenters. The fourth-order valence-corrected chi connectivity index (χ4v) is 3.89. The Morgan fingerprint density at radius 3 is 2.52 bits per heavy atom. The average Bonchev–Trinajstić information content (AvgIpc) is 2.67. The molecule has 0 heterocycles. The monoisotopic (exact) mass is 554 g/mol. The summed E-state index contributed by atoms with van der Waals surface area (Å²) >= 11 is 6.40. The van der Waals surface area contributed by atoms with Gasteiger partial charge in [-0.15, -0.1) is 0 Å². The number of phenols is 1. The third-order valence-electron chi connectivity index (χ3n) is 3.92. The van der Waals surface area contributed by atoms with Gasteiger partial charge in [-0.1, -0.05) is 22.0 Å². The van der Waals surface area contributed by atoms with Crippen molar-refractivity contribution in [2.75, 3.05) is 6.54 Å². The number of rotatable bonds is 8. The molecular formula is C19H18Br2N5O5-. The van der Waals surface area contributed by atoms with Crippen LogP contribution in [0.1, 0.15) is 28.4 Å². The van der Waals surface area contributed by atoms with E-state index in [1.54, 1.807) is 18.2 Å². The van der Waals surface area contributed by atoms with Crippen LogP contribution in [0.4, 0.5) is 5.69 Å². The number of nitrogens with zero attached hydrogens (tertiary/aromatic N) is 1. The molecule has 164 valence electrons. The molecule has 0 bridgehead atoms. The number of aliphatic imine (C=N–C) groups is 1. The Bertz CT molecular complexity index is 1040. The smallest absolute Gasteiger partial charge is 0.251 e. The molecule has 2 amide bonds. The second kappa shape index (κ2) is 10.8. The van der Waals surface area contributed by atoms with Gasteiger partial charge in [-0.3, -0.25) is 9.59 Å². The first-order chi connectivity index (χ1) is 14.6. The van der Waals surface area contributed by atoms with Crippen LogP contribution in [0.5, 0.6) is 5.75 Å². The van der Waals surface area contributed by atoms with Gasteiger partial charge in [-0.05, 0) is 46.3 Å². The van der Waals surface area contributed by atoms with Crippen molar-refractivity contribution in [2.24, 2.45) is 16.5 Å². The van der Waals surface area contributed by atoms with E-state index in [2.05, 4.69) is 47.5 Å². The average molecular weight is 556 g/mol. The molecule has 2 aromatic rings. The summed E-state index contributed by atoms with van der Waals surface area (Å²) in [6, 6.07) is 8.05. The zero-order chi connectivity index (χ0) is 23.1. The van der Waals surface area contributed by atoms with Gasteiger partial charge in [0.05, 0.1) is 22.7 Å². The van der Waals surface area contributed by atoms with Gasteiger partial charge in [-0.2, -0.15) is 0 Å². The van der Waals surface area contributed by atoms with Gasteiger partial charge >= 0.3 is 0 Å². The molecule has 2 aromatic carbocycles. The number of hydrogen-bond donors (Lipinski definition) is 5. The quantitative estimate of drug-likeness (QED) is 0.232. The van der Waals surface area contributed by atoms with Crippen molar-refractivity contribution in [1.29, 1.82) is 0 Å². The molecule has 0 radical (unpaired) electrons. The zero-order valence-electron chi connectivity index (χ0n) is 15.9. The SMILES string of the molecule is NC(N)=Nc1cccc(C(=O)NCC(=O)NC(CC(=O)[O-])c2cc(Br)cc(Br)c2O)c1. The number of amides is 2. The highest BCUT2D eigenvalue weighted by atomic mass is 79.9. The summed E-state index contributed by atoms with van der Waals surface area (Å²) in [6.07, 6.45) is -0.587. The van der Waals surface area contributed by atoms with Crippen molar-refractivity contribution in [2.45, 2.75) is 12.5 Å². The van der Waals surface area contributed by atoms with Crippen LogP contribution in [0, 0.1) is 0 Å². The molecule has 0 aliphatic heterocycles. The van der Waals surface area contributed by atoms with E-state index in [1.165, 1.54) is 18.2 Å². The predicted octanol–water partition coefficient (Wildman–Crippen LogP) is 0.549. The maximum Gasteiger partial charge on any atom is 0.251 e. The first-order valence-corrected chi connectivity index (χ1v) is 10.3. The van der Waals surface area contributed by atoms with E-state index in [4.69, 9.17) is 11.5 Å². The van der Waals surface area contributed by atoms with Crippen LogP contribution in [0.3, 0.4) is 0 Å². The third-order valence-corrected chi connectivity index (χ3v) is 4.98. The van der Waals surface area contributed by atoms with Crippen LogP contribution in [-0.4, -0.2) is 35.4 Å². The van der Waals surface area contributed by atoms with E-state index in [0.717, 1.165) is 0 Å². The number of aromatic hydroxyl groups is 1. The number of aliphatic carboxylic acids is 1. The van der Waals surface area contributed by atoms with Gasteiger partial charge in [0.1, 0.15) is 5.75 Å². The van der Waals surface area contributed by atoms with Crippen LogP contribution in [-0.2, 0) is 9.59 Å². The molecule has 0 saturated carbocycles. The van der Waals surface area contributed by atoms with E-state index < -0.39 is 36.8 Å². The summed E-state index contributed by atoms with van der Waals surface area (Å²) in [6.45, 7) is -0.440. The number of carboxylic acids is 1. The Balaban J connectivity index is 2.09. The fraction of sp³-hybridized carbons (Fsp3) is 0.158. The van der Waals surface area contributed by atoms with Crippen molar-refractivity contribution >= 4 is 61.3 Å². The van der Waals surface area contributed by atoms with E-state index in [-0.39, 0.29) is 22.8 Å². The van der Waals surface area contributed by atoms with Crippen LogP contribution >= 0.6 is 31.9 Å². The minimum atomic E-state index is -1.43. The molecule has 12 heteroatoms. The highest BCUT2D eigenvalue weighted by molar-refractivity contribution is 9.11. The maximum absolute atomic E-state index is 12.3. The molecular weight excluding hydrogens is 538 g/mol. The van der Waals surface area contributed by atoms with Crippen molar-refractivity contribution in [1.82, 2.24) is 10.6 Å². The molecule has 0 saturated heterocycles. The Hall–Kier alpha value is -3.12. The van der Waals surface area contributed by atoms with Crippen LogP contribution in [0.2, 0.25) is 0 Å². The summed E-state index contributed by atoms with van der Waals surface area (Å²) < 4.78 is 0.863. The lowest BCUT2D eigenvalue weighted by molar-refractivity contribution is -0.306. The standard InChI is InChI=1S/C19H19Br2N5O5/c20-10-5-12(17(30)13(21)6-10)14(7-16(28)29)26-15(27)8-24-18(31)9-2-1-3-11(4-9)25-19(22)23/h1-6,14,30H,7-8H2,(H,24,31)(H,26,27)(H,28,29)(H4,22,23,25)/p-1. The number of halogens is 2. The van der Waals surface area contributed by atoms with Crippen molar-refractivity contribution in [3.05, 3.63) is 56.5 Å². The Morgan fingerprint density at radius 2 is 1.87 bits per heavy atom. The molecule has 7 N–H and O–H groups in total. The van der Waals surface area contributed by atoms with E-state index >= 15 is 0 Å². The highest BCUT2D eigenvalue weighted by Crippen LogP contribution is 2.36. The summed E-state index contributed by atoms with van der Waals surface area (Å²) in [5.74, 6) is -3.06. The molecule has 0 aliphatic rings. The molecule has 1 unspecified atom stereocenters. The molecule has 0 fully saturated rings. The zero-order valence-corrected chi connectivity index (χ0v) is 19.1. The summed E-state index contributed by atoms with van der Waals surface area (Å²) in [4.78, 5) is 39.6. The van der Waals surface area contributed by atoms with Gasteiger partial charge in [0, 0.05) is 28.0 Å². The van der Waals surface area contributed by atoms with Crippen molar-refractivity contribution < 1.29 is 24.6 Å². The van der Waals surface area contributed by atoms with E-state index in [1.807, 2.05) is 0 Å². The summed E-state index contributed by atoms with van der Waals surface area (Å²) in [7, 11) is 0. The van der Waals surface area contributed by atoms with Gasteiger partial charge in [0.25, 0.3) is 5.91 Å². The number of hydrogen-bond acceptors (Lipinski definition) is 6. The van der Waals surface area contributed by atoms with Crippen LogP contribution < -0.4 is 27.2 Å². The Kier molecular flexibility index (Phi) is 8.39. The number of nitrogens with two attached hydrogens (primary N) is 2. The fourth-order valence-electron chi connectivity index (χ4n) is 2.63. The lowest BCUT2D eigenvalue weighted by Gasteiger charge is -2.21. The lowest BCUT2D eigenvalue weighted by atomic mass is 10.0. The summed E-state index contributed by atoms with van der Waals surface area (Å²) in [5.41, 5.74) is 11.4. The molecule has 0 aliphatic carbocycles. The van der Waals surface area contributed by atoms with Gasteiger partial charge < -0.3 is 37.1 Å². The molecule has 0 spiro atoms.